The molecule has 68 valence electrons. The highest BCUT2D eigenvalue weighted by Gasteiger charge is 2.27. The summed E-state index contributed by atoms with van der Waals surface area (Å²) in [6.45, 7) is 1.36. The average Bonchev–Trinajstić information content (AvgIpc) is 2.31. The lowest BCUT2D eigenvalue weighted by atomic mass is 10.6. The van der Waals surface area contributed by atoms with E-state index in [9.17, 15) is 13.6 Å². The third kappa shape index (κ3) is 1.25. The Morgan fingerprint density at radius 3 is 2.58 bits per heavy atom. The van der Waals surface area contributed by atoms with E-state index >= 15 is 0 Å². The predicted octanol–water partition coefficient (Wildman–Crippen LogP) is -1.48. The molecule has 0 aliphatic rings. The highest BCUT2D eigenvalue weighted by Crippen LogP contribution is 2.05. The van der Waals surface area contributed by atoms with Gasteiger partial charge in [-0.3, -0.25) is 4.63 Å². The minimum absolute atomic E-state index is 0.0272. The van der Waals surface area contributed by atoms with E-state index in [2.05, 4.69) is 9.79 Å². The first-order chi connectivity index (χ1) is 5.49. The molecule has 8 heteroatoms. The first-order valence-corrected chi connectivity index (χ1v) is 4.47. The van der Waals surface area contributed by atoms with Crippen LogP contribution in [0.25, 0.3) is 0 Å². The number of nitrogens with zero attached hydrogens (tertiary/aromatic N) is 2. The zero-order valence-electron chi connectivity index (χ0n) is 6.44. The molecule has 0 radical (unpaired) electrons. The van der Waals surface area contributed by atoms with Crippen molar-refractivity contribution in [3.63, 3.8) is 0 Å². The number of aryl methyl sites for hydroxylation is 1. The van der Waals surface area contributed by atoms with Gasteiger partial charge in [-0.25, -0.2) is 13.1 Å². The second kappa shape index (κ2) is 2.72. The van der Waals surface area contributed by atoms with Crippen molar-refractivity contribution < 1.29 is 17.9 Å². The van der Waals surface area contributed by atoms with Gasteiger partial charge in [0.25, 0.3) is 10.0 Å². The summed E-state index contributed by atoms with van der Waals surface area (Å²) >= 11 is 0. The summed E-state index contributed by atoms with van der Waals surface area (Å²) in [4.78, 5) is -0.152. The number of aromatic nitrogens is 2. The van der Waals surface area contributed by atoms with Gasteiger partial charge in [-0.15, -0.1) is 0 Å². The van der Waals surface area contributed by atoms with Crippen LogP contribution in [0.1, 0.15) is 5.69 Å². The van der Waals surface area contributed by atoms with Crippen LogP contribution in [-0.2, 0) is 10.0 Å². The molecule has 1 heterocycles. The number of nitrogens with one attached hydrogen (secondary N) is 1. The summed E-state index contributed by atoms with van der Waals surface area (Å²) in [7, 11) is -2.58. The fourth-order valence-electron chi connectivity index (χ4n) is 0.696. The van der Waals surface area contributed by atoms with Gasteiger partial charge in [0.1, 0.15) is 0 Å². The average molecular weight is 193 g/mol. The van der Waals surface area contributed by atoms with Crippen molar-refractivity contribution in [1.29, 1.82) is 0 Å². The SMILES string of the molecule is CNS(=O)(=O)c1c(C)no[n+]1[O-]. The molecule has 0 spiro atoms. The molecule has 0 unspecified atom stereocenters. The maximum Gasteiger partial charge on any atom is 0.326 e. The molecule has 0 aromatic carbocycles. The third-order valence-corrected chi connectivity index (χ3v) is 2.74. The summed E-state index contributed by atoms with van der Waals surface area (Å²) in [6, 6.07) is 0. The van der Waals surface area contributed by atoms with Crippen molar-refractivity contribution in [2.45, 2.75) is 11.9 Å². The molecule has 1 rings (SSSR count). The smallest absolute Gasteiger partial charge is 0.326 e. The molecular weight excluding hydrogens is 186 g/mol. The fourth-order valence-corrected chi connectivity index (χ4v) is 1.54. The fraction of sp³-hybridized carbons (Fsp3) is 0.500. The van der Waals surface area contributed by atoms with Crippen molar-refractivity contribution in [2.24, 2.45) is 0 Å². The summed E-state index contributed by atoms with van der Waals surface area (Å²) < 4.78 is 28.2. The van der Waals surface area contributed by atoms with Crippen molar-refractivity contribution >= 4 is 10.0 Å². The van der Waals surface area contributed by atoms with Crippen molar-refractivity contribution in [1.82, 2.24) is 9.88 Å². The Morgan fingerprint density at radius 2 is 2.25 bits per heavy atom. The minimum atomic E-state index is -3.77. The molecule has 0 atom stereocenters. The van der Waals surface area contributed by atoms with Gasteiger partial charge in [0, 0.05) is 12.1 Å². The van der Waals surface area contributed by atoms with Gasteiger partial charge in [-0.2, -0.15) is 0 Å². The van der Waals surface area contributed by atoms with Gasteiger partial charge in [0.05, 0.1) is 0 Å². The Kier molecular flexibility index (Phi) is 2.02. The molecule has 0 aliphatic heterocycles. The number of rotatable bonds is 2. The van der Waals surface area contributed by atoms with Crippen molar-refractivity contribution in [3.8, 4) is 0 Å². The van der Waals surface area contributed by atoms with Gasteiger partial charge in [0.15, 0.2) is 0 Å². The first kappa shape index (κ1) is 8.94. The maximum absolute atomic E-state index is 11.1. The molecule has 1 aromatic heterocycles. The monoisotopic (exact) mass is 193 g/mol. The Balaban J connectivity index is 3.37. The van der Waals surface area contributed by atoms with E-state index in [1.165, 1.54) is 14.0 Å². The summed E-state index contributed by atoms with van der Waals surface area (Å²) in [5, 5.41) is 13.4. The van der Waals surface area contributed by atoms with Crippen molar-refractivity contribution in [3.05, 3.63) is 10.9 Å². The number of hydrogen-bond donors (Lipinski definition) is 1. The van der Waals surface area contributed by atoms with Crippen LogP contribution in [0, 0.1) is 12.1 Å². The molecule has 0 bridgehead atoms. The zero-order chi connectivity index (χ0) is 9.35. The summed E-state index contributed by atoms with van der Waals surface area (Å²) in [5.41, 5.74) is 0.0272. The topological polar surface area (TPSA) is 99.1 Å². The van der Waals surface area contributed by atoms with Gasteiger partial charge in [0.2, 0.25) is 5.69 Å². The maximum atomic E-state index is 11.1. The molecule has 0 saturated carbocycles. The number of sulfonamides is 1. The van der Waals surface area contributed by atoms with Crippen LogP contribution in [0.2, 0.25) is 0 Å². The first-order valence-electron chi connectivity index (χ1n) is 2.99. The van der Waals surface area contributed by atoms with E-state index in [1.54, 1.807) is 0 Å². The van der Waals surface area contributed by atoms with Crippen LogP contribution < -0.4 is 9.63 Å². The Hall–Kier alpha value is -1.15. The number of hydrogen-bond acceptors (Lipinski definition) is 5. The van der Waals surface area contributed by atoms with E-state index in [0.29, 0.717) is 0 Å². The van der Waals surface area contributed by atoms with Gasteiger partial charge in [-0.1, -0.05) is 0 Å². The highest BCUT2D eigenvalue weighted by molar-refractivity contribution is 7.89. The quantitative estimate of drug-likeness (QED) is 0.578. The standard InChI is InChI=1S/C4H7N3O4S/c1-3-4(7(8)11-6-3)12(9,10)5-2/h5H,1-2H3. The Morgan fingerprint density at radius 1 is 1.67 bits per heavy atom. The van der Waals surface area contributed by atoms with E-state index in [0.717, 1.165) is 0 Å². The van der Waals surface area contributed by atoms with Gasteiger partial charge >= 0.3 is 5.03 Å². The van der Waals surface area contributed by atoms with Crippen LogP contribution >= 0.6 is 0 Å². The summed E-state index contributed by atoms with van der Waals surface area (Å²) in [6.07, 6.45) is 0. The van der Waals surface area contributed by atoms with Crippen LogP contribution in [0.5, 0.6) is 0 Å². The third-order valence-electron chi connectivity index (χ3n) is 1.25. The molecule has 0 amide bonds. The van der Waals surface area contributed by atoms with Crippen molar-refractivity contribution in [2.75, 3.05) is 7.05 Å². The van der Waals surface area contributed by atoms with Crippen LogP contribution in [-0.4, -0.2) is 20.6 Å². The molecule has 1 N–H and O–H groups in total. The van der Waals surface area contributed by atoms with Gasteiger partial charge < -0.3 is 5.21 Å². The summed E-state index contributed by atoms with van der Waals surface area (Å²) in [5.74, 6) is 0. The largest absolute Gasteiger partial charge is 0.358 e. The predicted molar refractivity (Wildman–Crippen MR) is 36.4 cm³/mol. The second-order valence-electron chi connectivity index (χ2n) is 2.03. The van der Waals surface area contributed by atoms with Gasteiger partial charge in [-0.05, 0) is 12.0 Å². The lowest BCUT2D eigenvalue weighted by Crippen LogP contribution is -2.35. The molecular formula is C4H7N3O4S. The molecule has 0 saturated heterocycles. The van der Waals surface area contributed by atoms with E-state index < -0.39 is 15.0 Å². The molecule has 7 nitrogen and oxygen atoms in total. The van der Waals surface area contributed by atoms with E-state index in [4.69, 9.17) is 0 Å². The van der Waals surface area contributed by atoms with Crippen LogP contribution in [0.4, 0.5) is 0 Å². The minimum Gasteiger partial charge on any atom is -0.358 e. The Labute approximate surface area is 68.6 Å². The molecule has 0 fully saturated rings. The van der Waals surface area contributed by atoms with E-state index in [1.807, 2.05) is 4.72 Å². The lowest BCUT2D eigenvalue weighted by Gasteiger charge is -1.96. The molecule has 1 aromatic rings. The highest BCUT2D eigenvalue weighted by atomic mass is 32.2. The van der Waals surface area contributed by atoms with E-state index in [-0.39, 0.29) is 10.6 Å². The van der Waals surface area contributed by atoms with Crippen LogP contribution in [0.3, 0.4) is 0 Å². The normalized spacial score (nSPS) is 11.8. The Bertz CT molecular complexity index is 362. The second-order valence-corrected chi connectivity index (χ2v) is 3.83. The van der Waals surface area contributed by atoms with Crippen LogP contribution in [0.15, 0.2) is 9.65 Å². The lowest BCUT2D eigenvalue weighted by molar-refractivity contribution is -0.832. The molecule has 12 heavy (non-hydrogen) atoms. The zero-order valence-corrected chi connectivity index (χ0v) is 7.25. The molecule has 0 aliphatic carbocycles.